The Hall–Kier alpha value is -2.20. The summed E-state index contributed by atoms with van der Waals surface area (Å²) in [4.78, 5) is 6.96. The van der Waals surface area contributed by atoms with E-state index in [0.717, 1.165) is 29.0 Å². The Balaban J connectivity index is 2.07. The highest BCUT2D eigenvalue weighted by Crippen LogP contribution is 2.20. The number of rotatable bonds is 4. The minimum absolute atomic E-state index is 0.205. The average molecular weight is 297 g/mol. The maximum atomic E-state index is 13.1. The van der Waals surface area contributed by atoms with Crippen molar-refractivity contribution >= 4 is 5.65 Å². The molecule has 0 aliphatic carbocycles. The highest BCUT2D eigenvalue weighted by atomic mass is 19.1. The molecule has 0 aliphatic heterocycles. The average Bonchev–Trinajstić information content (AvgIpc) is 2.81. The first-order chi connectivity index (χ1) is 10.5. The van der Waals surface area contributed by atoms with Gasteiger partial charge in [-0.2, -0.15) is 0 Å². The predicted molar refractivity (Wildman–Crippen MR) is 86.5 cm³/mol. The molecule has 22 heavy (non-hydrogen) atoms. The molecule has 1 aromatic carbocycles. The van der Waals surface area contributed by atoms with Crippen LogP contribution in [0.25, 0.3) is 5.65 Å². The smallest absolute Gasteiger partial charge is 0.140 e. The number of imidazole rings is 1. The van der Waals surface area contributed by atoms with E-state index < -0.39 is 0 Å². The number of pyridine rings is 1. The number of aryl methyl sites for hydroxylation is 1. The van der Waals surface area contributed by atoms with Gasteiger partial charge in [-0.05, 0) is 50.3 Å². The van der Waals surface area contributed by atoms with Crippen LogP contribution in [0.15, 0.2) is 42.6 Å². The van der Waals surface area contributed by atoms with Crippen LogP contribution in [-0.2, 0) is 13.0 Å². The number of hydrogen-bond donors (Lipinski definition) is 0. The van der Waals surface area contributed by atoms with Crippen LogP contribution in [0.5, 0.6) is 0 Å². The van der Waals surface area contributed by atoms with Gasteiger partial charge < -0.3 is 9.30 Å². The highest BCUT2D eigenvalue weighted by Gasteiger charge is 2.14. The molecule has 0 N–H and O–H groups in total. The largest absolute Gasteiger partial charge is 0.304 e. The molecule has 0 radical (unpaired) electrons. The van der Waals surface area contributed by atoms with Crippen LogP contribution in [0, 0.1) is 12.7 Å². The molecule has 3 nitrogen and oxygen atoms in total. The molecule has 3 rings (SSSR count). The minimum atomic E-state index is -0.205. The summed E-state index contributed by atoms with van der Waals surface area (Å²) >= 11 is 0. The van der Waals surface area contributed by atoms with Gasteiger partial charge in [-0.25, -0.2) is 9.37 Å². The van der Waals surface area contributed by atoms with Gasteiger partial charge in [0.25, 0.3) is 0 Å². The Morgan fingerprint density at radius 3 is 2.55 bits per heavy atom. The molecular weight excluding hydrogens is 277 g/mol. The van der Waals surface area contributed by atoms with Gasteiger partial charge in [0.15, 0.2) is 0 Å². The van der Waals surface area contributed by atoms with Gasteiger partial charge in [-0.1, -0.05) is 18.2 Å². The van der Waals surface area contributed by atoms with Crippen LogP contribution in [0.4, 0.5) is 4.39 Å². The number of halogens is 1. The summed E-state index contributed by atoms with van der Waals surface area (Å²) < 4.78 is 15.2. The van der Waals surface area contributed by atoms with Crippen molar-refractivity contribution in [2.45, 2.75) is 19.9 Å². The summed E-state index contributed by atoms with van der Waals surface area (Å²) in [7, 11) is 4.10. The van der Waals surface area contributed by atoms with Crippen molar-refractivity contribution in [3.05, 3.63) is 70.9 Å². The molecule has 2 heterocycles. The monoisotopic (exact) mass is 297 g/mol. The Bertz CT molecular complexity index is 788. The van der Waals surface area contributed by atoms with Gasteiger partial charge >= 0.3 is 0 Å². The van der Waals surface area contributed by atoms with Crippen molar-refractivity contribution in [1.82, 2.24) is 14.3 Å². The van der Waals surface area contributed by atoms with Gasteiger partial charge in [0.1, 0.15) is 11.5 Å². The van der Waals surface area contributed by atoms with Gasteiger partial charge in [0.2, 0.25) is 0 Å². The van der Waals surface area contributed by atoms with Crippen molar-refractivity contribution in [3.8, 4) is 0 Å². The minimum Gasteiger partial charge on any atom is -0.304 e. The lowest BCUT2D eigenvalue weighted by Gasteiger charge is -2.11. The summed E-state index contributed by atoms with van der Waals surface area (Å²) in [5, 5.41) is 0. The summed E-state index contributed by atoms with van der Waals surface area (Å²) in [5.74, 6) is -0.205. The number of aromatic nitrogens is 2. The fraction of sp³-hybridized carbons (Fsp3) is 0.278. The van der Waals surface area contributed by atoms with Crippen molar-refractivity contribution in [2.75, 3.05) is 14.1 Å². The van der Waals surface area contributed by atoms with Crippen molar-refractivity contribution in [3.63, 3.8) is 0 Å². The fourth-order valence-electron chi connectivity index (χ4n) is 2.70. The van der Waals surface area contributed by atoms with Gasteiger partial charge in [0.05, 0.1) is 11.4 Å². The molecular formula is C18H20FN3. The second-order valence-electron chi connectivity index (χ2n) is 5.93. The van der Waals surface area contributed by atoms with Gasteiger partial charge in [-0.15, -0.1) is 0 Å². The van der Waals surface area contributed by atoms with Gasteiger partial charge in [0, 0.05) is 19.2 Å². The van der Waals surface area contributed by atoms with Crippen molar-refractivity contribution in [1.29, 1.82) is 0 Å². The van der Waals surface area contributed by atoms with E-state index >= 15 is 0 Å². The zero-order chi connectivity index (χ0) is 15.7. The number of nitrogens with zero attached hydrogens (tertiary/aromatic N) is 3. The lowest BCUT2D eigenvalue weighted by atomic mass is 10.1. The Morgan fingerprint density at radius 2 is 1.86 bits per heavy atom. The molecule has 114 valence electrons. The van der Waals surface area contributed by atoms with Crippen LogP contribution < -0.4 is 0 Å². The molecule has 2 aromatic heterocycles. The van der Waals surface area contributed by atoms with Crippen LogP contribution >= 0.6 is 0 Å². The second kappa shape index (κ2) is 5.89. The number of benzene rings is 1. The first-order valence-corrected chi connectivity index (χ1v) is 7.39. The molecule has 0 amide bonds. The molecule has 0 bridgehead atoms. The highest BCUT2D eigenvalue weighted by molar-refractivity contribution is 5.51. The van der Waals surface area contributed by atoms with Crippen molar-refractivity contribution < 1.29 is 4.39 Å². The van der Waals surface area contributed by atoms with Crippen molar-refractivity contribution in [2.24, 2.45) is 0 Å². The second-order valence-corrected chi connectivity index (χ2v) is 5.93. The fourth-order valence-corrected chi connectivity index (χ4v) is 2.70. The molecule has 3 aromatic rings. The van der Waals surface area contributed by atoms with Gasteiger partial charge in [-0.3, -0.25) is 0 Å². The summed E-state index contributed by atoms with van der Waals surface area (Å²) in [5.41, 5.74) is 5.47. The molecule has 0 saturated carbocycles. The van der Waals surface area contributed by atoms with E-state index in [1.54, 1.807) is 0 Å². The maximum absolute atomic E-state index is 13.1. The molecule has 0 unspecified atom stereocenters. The Labute approximate surface area is 130 Å². The number of hydrogen-bond acceptors (Lipinski definition) is 2. The zero-order valence-corrected chi connectivity index (χ0v) is 13.2. The Morgan fingerprint density at radius 1 is 1.14 bits per heavy atom. The molecule has 0 spiro atoms. The lowest BCUT2D eigenvalue weighted by molar-refractivity contribution is 0.394. The van der Waals surface area contributed by atoms with Crippen LogP contribution in [0.3, 0.4) is 0 Å². The third-order valence-corrected chi connectivity index (χ3v) is 3.78. The third kappa shape index (κ3) is 2.88. The molecule has 4 heteroatoms. The maximum Gasteiger partial charge on any atom is 0.140 e. The lowest BCUT2D eigenvalue weighted by Crippen LogP contribution is -2.14. The SMILES string of the molecule is Cc1cccn2c(CN(C)C)c(Cc3ccc(F)cc3)nc12. The van der Waals surface area contributed by atoms with E-state index in [1.807, 2.05) is 18.2 Å². The number of fused-ring (bicyclic) bond motifs is 1. The summed E-state index contributed by atoms with van der Waals surface area (Å²) in [6.07, 6.45) is 2.77. The zero-order valence-electron chi connectivity index (χ0n) is 13.2. The van der Waals surface area contributed by atoms with E-state index in [1.165, 1.54) is 17.8 Å². The first-order valence-electron chi connectivity index (χ1n) is 7.39. The standard InChI is InChI=1S/C18H20FN3/c1-13-5-4-10-22-17(12-21(2)3)16(20-18(13)22)11-14-6-8-15(19)9-7-14/h4-10H,11-12H2,1-3H3. The van der Waals surface area contributed by atoms with E-state index in [0.29, 0.717) is 6.42 Å². The van der Waals surface area contributed by atoms with E-state index in [9.17, 15) is 4.39 Å². The molecule has 0 atom stereocenters. The third-order valence-electron chi connectivity index (χ3n) is 3.78. The summed E-state index contributed by atoms with van der Waals surface area (Å²) in [6.45, 7) is 2.89. The van der Waals surface area contributed by atoms with Crippen LogP contribution in [0.2, 0.25) is 0 Å². The van der Waals surface area contributed by atoms with Crippen LogP contribution in [0.1, 0.15) is 22.5 Å². The first kappa shape index (κ1) is 14.7. The molecule has 0 saturated heterocycles. The topological polar surface area (TPSA) is 20.5 Å². The quantitative estimate of drug-likeness (QED) is 0.735. The Kier molecular flexibility index (Phi) is 3.94. The molecule has 0 aliphatic rings. The van der Waals surface area contributed by atoms with E-state index in [4.69, 9.17) is 4.98 Å². The molecule has 0 fully saturated rings. The normalized spacial score (nSPS) is 11.5. The van der Waals surface area contributed by atoms with E-state index in [2.05, 4.69) is 42.6 Å². The summed E-state index contributed by atoms with van der Waals surface area (Å²) in [6, 6.07) is 10.8. The van der Waals surface area contributed by atoms with Crippen LogP contribution in [-0.4, -0.2) is 28.4 Å². The van der Waals surface area contributed by atoms with E-state index in [-0.39, 0.29) is 5.82 Å². The predicted octanol–water partition coefficient (Wildman–Crippen LogP) is 3.43.